The zero-order valence-electron chi connectivity index (χ0n) is 37.7. The first kappa shape index (κ1) is 56.8. The van der Waals surface area contributed by atoms with Crippen LogP contribution in [0.15, 0.2) is 85.1 Å². The zero-order chi connectivity index (χ0) is 45.5. The molecule has 0 radical (unpaired) electrons. The lowest BCUT2D eigenvalue weighted by molar-refractivity contribution is -0.297. The molecule has 0 saturated carbocycles. The highest BCUT2D eigenvalue weighted by molar-refractivity contribution is 7.85. The molecule has 6 atom stereocenters. The summed E-state index contributed by atoms with van der Waals surface area (Å²) in [6, 6.07) is 0. The summed E-state index contributed by atoms with van der Waals surface area (Å²) in [7, 11) is -4.62. The van der Waals surface area contributed by atoms with Crippen LogP contribution < -0.4 is 0 Å². The zero-order valence-corrected chi connectivity index (χ0v) is 38.5. The Morgan fingerprint density at radius 3 is 1.47 bits per heavy atom. The quantitative estimate of drug-likeness (QED) is 0.0201. The highest BCUT2D eigenvalue weighted by Crippen LogP contribution is 2.24. The molecule has 1 aliphatic heterocycles. The lowest BCUT2D eigenvalue weighted by Gasteiger charge is -2.40. The molecule has 13 heteroatoms. The maximum absolute atomic E-state index is 12.8. The summed E-state index contributed by atoms with van der Waals surface area (Å²) in [6.07, 6.45) is 40.5. The predicted molar refractivity (Wildman–Crippen MR) is 247 cm³/mol. The molecule has 2 unspecified atom stereocenters. The van der Waals surface area contributed by atoms with Crippen molar-refractivity contribution in [1.82, 2.24) is 0 Å². The largest absolute Gasteiger partial charge is 0.462 e. The summed E-state index contributed by atoms with van der Waals surface area (Å²) in [6.45, 7) is 3.63. The second-order valence-corrected chi connectivity index (χ2v) is 17.2. The van der Waals surface area contributed by atoms with Crippen LogP contribution in [0.2, 0.25) is 0 Å². The van der Waals surface area contributed by atoms with Crippen molar-refractivity contribution in [2.75, 3.05) is 19.0 Å². The van der Waals surface area contributed by atoms with Gasteiger partial charge >= 0.3 is 11.9 Å². The van der Waals surface area contributed by atoms with E-state index in [0.717, 1.165) is 70.6 Å². The van der Waals surface area contributed by atoms with Crippen LogP contribution in [0.5, 0.6) is 0 Å². The molecule has 0 spiro atoms. The fourth-order valence-corrected chi connectivity index (χ4v) is 7.01. The third kappa shape index (κ3) is 32.5. The molecule has 1 saturated heterocycles. The van der Waals surface area contributed by atoms with Gasteiger partial charge in [0, 0.05) is 12.8 Å². The Morgan fingerprint density at radius 1 is 0.548 bits per heavy atom. The van der Waals surface area contributed by atoms with Gasteiger partial charge in [-0.25, -0.2) is 0 Å². The van der Waals surface area contributed by atoms with Crippen molar-refractivity contribution in [3.05, 3.63) is 85.1 Å². The maximum Gasteiger partial charge on any atom is 0.306 e. The summed E-state index contributed by atoms with van der Waals surface area (Å²) in [5.41, 5.74) is 0. The minimum atomic E-state index is -4.62. The SMILES string of the molecule is CCCCC/C=C/C/C=C/C/C=C/C/C=C/CCCC(=O)O[C@H](COC(=O)CCCCCC/C=C/C/C=C/C/C=C/CCCCC)CO[C@H]1O[C@H](CS(=O)(=O)O)[C@@H](O)C(O)C1O. The van der Waals surface area contributed by atoms with Gasteiger partial charge in [0.05, 0.1) is 6.61 Å². The van der Waals surface area contributed by atoms with E-state index in [1.54, 1.807) is 0 Å². The van der Waals surface area contributed by atoms with Crippen molar-refractivity contribution in [3.8, 4) is 0 Å². The van der Waals surface area contributed by atoms with Crippen LogP contribution in [0.25, 0.3) is 0 Å². The van der Waals surface area contributed by atoms with Crippen molar-refractivity contribution >= 4 is 22.1 Å². The van der Waals surface area contributed by atoms with E-state index < -0.39 is 71.2 Å². The average molecular weight is 893 g/mol. The molecule has 0 amide bonds. The van der Waals surface area contributed by atoms with Gasteiger partial charge in [-0.2, -0.15) is 8.42 Å². The van der Waals surface area contributed by atoms with Crippen LogP contribution in [0.3, 0.4) is 0 Å². The Kier molecular flexibility index (Phi) is 35.1. The molecule has 1 fully saturated rings. The molecule has 354 valence electrons. The van der Waals surface area contributed by atoms with Crippen LogP contribution >= 0.6 is 0 Å². The smallest absolute Gasteiger partial charge is 0.306 e. The van der Waals surface area contributed by atoms with Crippen molar-refractivity contribution < 1.29 is 56.8 Å². The topological polar surface area (TPSA) is 186 Å². The predicted octanol–water partition coefficient (Wildman–Crippen LogP) is 9.67. The number of aliphatic hydroxyl groups excluding tert-OH is 3. The van der Waals surface area contributed by atoms with Gasteiger partial charge in [-0.1, -0.05) is 137 Å². The van der Waals surface area contributed by atoms with Gasteiger partial charge in [0.2, 0.25) is 0 Å². The molecule has 4 N–H and O–H groups in total. The molecule has 0 aromatic carbocycles. The van der Waals surface area contributed by atoms with E-state index in [9.17, 15) is 37.9 Å². The van der Waals surface area contributed by atoms with Gasteiger partial charge in [0.1, 0.15) is 36.8 Å². The fraction of sp³-hybridized carbons (Fsp3) is 0.673. The van der Waals surface area contributed by atoms with Gasteiger partial charge in [0.15, 0.2) is 12.4 Å². The monoisotopic (exact) mass is 893 g/mol. The molecule has 0 bridgehead atoms. The molecule has 12 nitrogen and oxygen atoms in total. The number of aliphatic hydroxyl groups is 3. The fourth-order valence-electron chi connectivity index (χ4n) is 6.32. The highest BCUT2D eigenvalue weighted by Gasteiger charge is 2.46. The molecule has 0 aromatic rings. The first-order valence-corrected chi connectivity index (χ1v) is 24.8. The summed E-state index contributed by atoms with van der Waals surface area (Å²) in [5, 5.41) is 30.9. The first-order valence-electron chi connectivity index (χ1n) is 23.1. The third-order valence-electron chi connectivity index (χ3n) is 9.95. The van der Waals surface area contributed by atoms with Crippen LogP contribution in [0, 0.1) is 0 Å². The Morgan fingerprint density at radius 2 is 0.984 bits per heavy atom. The number of hydrogen-bond acceptors (Lipinski definition) is 11. The van der Waals surface area contributed by atoms with Crippen LogP contribution in [0.4, 0.5) is 0 Å². The van der Waals surface area contributed by atoms with E-state index in [1.165, 1.54) is 38.5 Å². The minimum absolute atomic E-state index is 0.0785. The number of hydrogen-bond donors (Lipinski definition) is 4. The second kappa shape index (κ2) is 38.3. The van der Waals surface area contributed by atoms with Gasteiger partial charge in [-0.05, 0) is 89.9 Å². The first-order chi connectivity index (χ1) is 30.0. The van der Waals surface area contributed by atoms with Gasteiger partial charge in [0.25, 0.3) is 10.1 Å². The Balaban J connectivity index is 2.51. The van der Waals surface area contributed by atoms with Gasteiger partial charge in [-0.15, -0.1) is 0 Å². The Hall–Kier alpha value is -3.17. The second-order valence-electron chi connectivity index (χ2n) is 15.7. The summed E-state index contributed by atoms with van der Waals surface area (Å²) < 4.78 is 54.0. The van der Waals surface area contributed by atoms with E-state index in [4.69, 9.17) is 18.9 Å². The summed E-state index contributed by atoms with van der Waals surface area (Å²) in [4.78, 5) is 25.4. The Bertz CT molecular complexity index is 1460. The lowest BCUT2D eigenvalue weighted by Crippen LogP contribution is -2.60. The van der Waals surface area contributed by atoms with Gasteiger partial charge < -0.3 is 34.3 Å². The van der Waals surface area contributed by atoms with Crippen molar-refractivity contribution in [3.63, 3.8) is 0 Å². The number of esters is 2. The van der Waals surface area contributed by atoms with Crippen LogP contribution in [-0.4, -0.2) is 96.0 Å². The Labute approximate surface area is 373 Å². The van der Waals surface area contributed by atoms with E-state index >= 15 is 0 Å². The molecule has 62 heavy (non-hydrogen) atoms. The molecule has 1 rings (SSSR count). The number of unbranched alkanes of at least 4 members (excludes halogenated alkanes) is 11. The van der Waals surface area contributed by atoms with Crippen LogP contribution in [0.1, 0.15) is 155 Å². The number of allylic oxidation sites excluding steroid dienone is 14. The third-order valence-corrected chi connectivity index (χ3v) is 10.7. The molecular weight excluding hydrogens is 813 g/mol. The highest BCUT2D eigenvalue weighted by atomic mass is 32.2. The minimum Gasteiger partial charge on any atom is -0.462 e. The molecule has 0 aromatic heterocycles. The lowest BCUT2D eigenvalue weighted by atomic mass is 10.00. The molecule has 1 aliphatic rings. The van der Waals surface area contributed by atoms with Gasteiger partial charge in [-0.3, -0.25) is 14.1 Å². The molecule has 0 aliphatic carbocycles. The standard InChI is InChI=1S/C49H80O12S/c1-3-5-7-9-11-13-15-17-19-21-23-25-27-29-31-33-35-37-44(50)58-39-42(40-59-49-48(54)47(53)46(52)43(61-49)41-62(55,56)57)60-45(51)38-36-34-32-30-28-26-24-22-20-18-16-14-12-10-8-6-4-2/h11-14,17-20,23-26,30,32,42-43,46-49,52-54H,3-10,15-16,21-22,27-29,31,33-41H2,1-2H3,(H,55,56,57)/b13-11+,14-12+,19-17+,20-18+,25-23+,26-24+,32-30+/t42-,43-,46-,47?,48?,49+/m1/s1. The average Bonchev–Trinajstić information content (AvgIpc) is 3.24. The summed E-state index contributed by atoms with van der Waals surface area (Å²) in [5.74, 6) is -2.10. The van der Waals surface area contributed by atoms with E-state index in [1.807, 2.05) is 12.2 Å². The molecular formula is C49H80O12S. The number of carbonyl (C=O) groups is 2. The van der Waals surface area contributed by atoms with E-state index in [2.05, 4.69) is 86.8 Å². The van der Waals surface area contributed by atoms with Crippen LogP contribution in [-0.2, 0) is 38.7 Å². The number of rotatable bonds is 37. The number of ether oxygens (including phenoxy) is 4. The normalized spacial score (nSPS) is 20.6. The number of carbonyl (C=O) groups excluding carboxylic acids is 2. The van der Waals surface area contributed by atoms with E-state index in [0.29, 0.717) is 19.3 Å². The molecule has 1 heterocycles. The summed E-state index contributed by atoms with van der Waals surface area (Å²) >= 11 is 0. The van der Waals surface area contributed by atoms with E-state index in [-0.39, 0.29) is 19.4 Å². The van der Waals surface area contributed by atoms with Crippen molar-refractivity contribution in [2.24, 2.45) is 0 Å². The van der Waals surface area contributed by atoms with Crippen molar-refractivity contribution in [2.45, 2.75) is 192 Å². The van der Waals surface area contributed by atoms with Crippen molar-refractivity contribution in [1.29, 1.82) is 0 Å². The maximum atomic E-state index is 12.8.